The van der Waals surface area contributed by atoms with E-state index in [9.17, 15) is 14.4 Å². The zero-order valence-corrected chi connectivity index (χ0v) is 18.6. The third-order valence-corrected chi connectivity index (χ3v) is 8.95. The van der Waals surface area contributed by atoms with Gasteiger partial charge in [-0.3, -0.25) is 4.79 Å². The highest BCUT2D eigenvalue weighted by Gasteiger charge is 2.62. The van der Waals surface area contributed by atoms with Crippen LogP contribution in [0, 0.1) is 33.5 Å². The number of hydrogen-bond donors (Lipinski definition) is 0. The Morgan fingerprint density at radius 2 is 1.87 bits per heavy atom. The molecule has 6 atom stereocenters. The maximum Gasteiger partial charge on any atom is 0.161 e. The van der Waals surface area contributed by atoms with Gasteiger partial charge in [-0.25, -0.2) is 0 Å². The molecule has 4 heteroatoms. The molecule has 0 aromatic carbocycles. The number of fused-ring (bicyclic) bond motifs is 1. The summed E-state index contributed by atoms with van der Waals surface area (Å²) in [7, 11) is 0. The molecule has 30 heavy (non-hydrogen) atoms. The first-order chi connectivity index (χ1) is 14.1. The lowest BCUT2D eigenvalue weighted by Gasteiger charge is -2.58. The SMILES string of the molecule is CC1(C)C(=O)C=C[C@](C)([C@H]2CC[C@]3(C)C(=CC[C@H]3c3ccoc3)[C@]2(C)C=O)[C@H]1C=O. The van der Waals surface area contributed by atoms with Crippen LogP contribution in [0.4, 0.5) is 0 Å². The van der Waals surface area contributed by atoms with Gasteiger partial charge in [-0.15, -0.1) is 0 Å². The third-order valence-electron chi connectivity index (χ3n) is 8.95. The normalized spacial score (nSPS) is 42.5. The summed E-state index contributed by atoms with van der Waals surface area (Å²) in [5.74, 6) is -0.252. The summed E-state index contributed by atoms with van der Waals surface area (Å²) in [6, 6.07) is 2.03. The Morgan fingerprint density at radius 3 is 2.47 bits per heavy atom. The highest BCUT2D eigenvalue weighted by Crippen LogP contribution is 2.67. The molecule has 0 N–H and O–H groups in total. The van der Waals surface area contributed by atoms with Gasteiger partial charge < -0.3 is 14.0 Å². The van der Waals surface area contributed by atoms with Crippen molar-refractivity contribution in [3.63, 3.8) is 0 Å². The van der Waals surface area contributed by atoms with Gasteiger partial charge in [0.2, 0.25) is 0 Å². The van der Waals surface area contributed by atoms with E-state index in [-0.39, 0.29) is 17.1 Å². The Morgan fingerprint density at radius 1 is 1.13 bits per heavy atom. The van der Waals surface area contributed by atoms with Crippen molar-refractivity contribution in [1.82, 2.24) is 0 Å². The van der Waals surface area contributed by atoms with E-state index in [1.54, 1.807) is 12.3 Å². The van der Waals surface area contributed by atoms with Gasteiger partial charge >= 0.3 is 0 Å². The van der Waals surface area contributed by atoms with Crippen LogP contribution < -0.4 is 0 Å². The van der Waals surface area contributed by atoms with Gasteiger partial charge in [0.05, 0.1) is 12.5 Å². The van der Waals surface area contributed by atoms with Crippen LogP contribution in [0.5, 0.6) is 0 Å². The second-order valence-corrected chi connectivity index (χ2v) is 10.8. The van der Waals surface area contributed by atoms with E-state index >= 15 is 0 Å². The number of rotatable bonds is 4. The van der Waals surface area contributed by atoms with E-state index in [0.29, 0.717) is 5.92 Å². The highest BCUT2D eigenvalue weighted by molar-refractivity contribution is 5.98. The molecule has 3 aliphatic rings. The number of carbonyl (C=O) groups excluding carboxylic acids is 3. The van der Waals surface area contributed by atoms with E-state index in [1.165, 1.54) is 11.1 Å². The largest absolute Gasteiger partial charge is 0.472 e. The summed E-state index contributed by atoms with van der Waals surface area (Å²) in [6.45, 7) is 10.1. The molecule has 1 aromatic rings. The molecule has 1 heterocycles. The van der Waals surface area contributed by atoms with Gasteiger partial charge in [0, 0.05) is 22.2 Å². The molecule has 0 aliphatic heterocycles. The molecule has 1 saturated carbocycles. The molecule has 4 rings (SSSR count). The zero-order chi connectivity index (χ0) is 21.9. The van der Waals surface area contributed by atoms with E-state index in [2.05, 4.69) is 19.9 Å². The quantitative estimate of drug-likeness (QED) is 0.501. The molecule has 1 aromatic heterocycles. The topological polar surface area (TPSA) is 64.3 Å². The van der Waals surface area contributed by atoms with Crippen LogP contribution >= 0.6 is 0 Å². The van der Waals surface area contributed by atoms with Crippen molar-refractivity contribution in [2.45, 2.75) is 59.8 Å². The first-order valence-corrected chi connectivity index (χ1v) is 10.9. The van der Waals surface area contributed by atoms with Crippen LogP contribution in [0.25, 0.3) is 0 Å². The molecule has 1 fully saturated rings. The summed E-state index contributed by atoms with van der Waals surface area (Å²) in [5, 5.41) is 0. The fraction of sp³-hybridized carbons (Fsp3) is 0.577. The second kappa shape index (κ2) is 6.63. The van der Waals surface area contributed by atoms with Crippen LogP contribution in [0.15, 0.2) is 46.8 Å². The minimum Gasteiger partial charge on any atom is -0.472 e. The predicted molar refractivity (Wildman–Crippen MR) is 115 cm³/mol. The lowest BCUT2D eigenvalue weighted by atomic mass is 9.44. The number of aldehydes is 2. The summed E-state index contributed by atoms with van der Waals surface area (Å²) in [6.07, 6.45) is 14.0. The van der Waals surface area contributed by atoms with Crippen molar-refractivity contribution in [2.75, 3.05) is 0 Å². The average molecular weight is 409 g/mol. The van der Waals surface area contributed by atoms with Crippen molar-refractivity contribution < 1.29 is 18.8 Å². The van der Waals surface area contributed by atoms with Crippen LogP contribution in [-0.2, 0) is 14.4 Å². The molecular weight excluding hydrogens is 376 g/mol. The summed E-state index contributed by atoms with van der Waals surface area (Å²) >= 11 is 0. The summed E-state index contributed by atoms with van der Waals surface area (Å²) < 4.78 is 5.35. The van der Waals surface area contributed by atoms with Gasteiger partial charge in [-0.1, -0.05) is 45.4 Å². The highest BCUT2D eigenvalue weighted by atomic mass is 16.3. The molecule has 0 saturated heterocycles. The fourth-order valence-corrected chi connectivity index (χ4v) is 7.23. The molecule has 0 amide bonds. The predicted octanol–water partition coefficient (Wildman–Crippen LogP) is 5.30. The number of hydrogen-bond acceptors (Lipinski definition) is 4. The van der Waals surface area contributed by atoms with E-state index in [1.807, 2.05) is 39.2 Å². The van der Waals surface area contributed by atoms with Crippen molar-refractivity contribution in [3.05, 3.63) is 48.0 Å². The van der Waals surface area contributed by atoms with Crippen LogP contribution in [-0.4, -0.2) is 18.4 Å². The summed E-state index contributed by atoms with van der Waals surface area (Å²) in [5.41, 5.74) is 0.206. The fourth-order valence-electron chi connectivity index (χ4n) is 7.23. The number of allylic oxidation sites excluding steroid dienone is 4. The Hall–Kier alpha value is -2.23. The molecule has 0 radical (unpaired) electrons. The number of carbonyl (C=O) groups is 3. The molecule has 0 unspecified atom stereocenters. The van der Waals surface area contributed by atoms with Crippen molar-refractivity contribution >= 4 is 18.4 Å². The van der Waals surface area contributed by atoms with E-state index in [0.717, 1.165) is 31.8 Å². The Labute approximate surface area is 178 Å². The van der Waals surface area contributed by atoms with Gasteiger partial charge in [0.1, 0.15) is 12.6 Å². The minimum atomic E-state index is -0.779. The van der Waals surface area contributed by atoms with Gasteiger partial charge in [0.25, 0.3) is 0 Å². The molecular formula is C26H32O4. The molecule has 0 bridgehead atoms. The Balaban J connectivity index is 1.79. The first-order valence-electron chi connectivity index (χ1n) is 10.9. The maximum absolute atomic E-state index is 12.7. The van der Waals surface area contributed by atoms with Gasteiger partial charge in [0.15, 0.2) is 5.78 Å². The minimum absolute atomic E-state index is 0.0226. The smallest absolute Gasteiger partial charge is 0.161 e. The van der Waals surface area contributed by atoms with Gasteiger partial charge in [-0.2, -0.15) is 0 Å². The first kappa shape index (κ1) is 21.0. The monoisotopic (exact) mass is 408 g/mol. The third kappa shape index (κ3) is 2.55. The molecule has 160 valence electrons. The van der Waals surface area contributed by atoms with Gasteiger partial charge in [-0.05, 0) is 61.1 Å². The number of ketones is 1. The van der Waals surface area contributed by atoms with E-state index in [4.69, 9.17) is 4.42 Å². The molecule has 0 spiro atoms. The van der Waals surface area contributed by atoms with Crippen LogP contribution in [0.1, 0.15) is 65.4 Å². The Bertz CT molecular complexity index is 936. The standard InChI is InChI=1S/C26H32O4/c1-23(2)21(14-27)25(4,12-9-22(23)29)20-8-11-24(3)18(17-10-13-30-15-17)6-7-19(24)26(20,5)16-28/h7,9-10,12-16,18,20-21H,6,8,11H2,1-5H3/t18-,20+,21-,24-,25+,26-/m0/s1. The molecule has 4 nitrogen and oxygen atoms in total. The van der Waals surface area contributed by atoms with Crippen molar-refractivity contribution in [1.29, 1.82) is 0 Å². The Kier molecular flexibility index (Phi) is 4.65. The van der Waals surface area contributed by atoms with Crippen LogP contribution in [0.2, 0.25) is 0 Å². The van der Waals surface area contributed by atoms with Crippen molar-refractivity contribution in [3.8, 4) is 0 Å². The zero-order valence-electron chi connectivity index (χ0n) is 18.6. The lowest BCUT2D eigenvalue weighted by Crippen LogP contribution is -2.56. The average Bonchev–Trinajstić information content (AvgIpc) is 3.33. The van der Waals surface area contributed by atoms with Crippen LogP contribution in [0.3, 0.4) is 0 Å². The summed E-state index contributed by atoms with van der Waals surface area (Å²) in [4.78, 5) is 37.6. The number of furan rings is 1. The molecule has 3 aliphatic carbocycles. The van der Waals surface area contributed by atoms with Crippen molar-refractivity contribution in [2.24, 2.45) is 33.5 Å². The maximum atomic E-state index is 12.7. The lowest BCUT2D eigenvalue weighted by molar-refractivity contribution is -0.141. The van der Waals surface area contributed by atoms with E-state index < -0.39 is 22.2 Å². The second-order valence-electron chi connectivity index (χ2n) is 10.8.